The molecule has 0 unspecified atom stereocenters. The van der Waals surface area contributed by atoms with Crippen LogP contribution in [0.4, 0.5) is 5.13 Å². The lowest BCUT2D eigenvalue weighted by molar-refractivity contribution is 0.425. The van der Waals surface area contributed by atoms with Crippen LogP contribution in [-0.4, -0.2) is 41.5 Å². The molecule has 2 N–H and O–H groups in total. The molecule has 2 rings (SSSR count). The SMILES string of the molecule is CN(C)c1nnc(SCc2ccccc2B(O)O)s1. The maximum Gasteiger partial charge on any atom is 0.488 e. The van der Waals surface area contributed by atoms with Gasteiger partial charge in [-0.3, -0.25) is 0 Å². The van der Waals surface area contributed by atoms with Crippen LogP contribution in [0, 0.1) is 0 Å². The zero-order chi connectivity index (χ0) is 13.8. The third kappa shape index (κ3) is 3.69. The van der Waals surface area contributed by atoms with Crippen LogP contribution < -0.4 is 10.4 Å². The van der Waals surface area contributed by atoms with Gasteiger partial charge in [0.25, 0.3) is 0 Å². The number of hydrogen-bond acceptors (Lipinski definition) is 7. The highest BCUT2D eigenvalue weighted by atomic mass is 32.2. The molecule has 2 aromatic rings. The topological polar surface area (TPSA) is 69.5 Å². The second-order valence-corrected chi connectivity index (χ2v) is 6.28. The van der Waals surface area contributed by atoms with Crippen LogP contribution in [0.2, 0.25) is 0 Å². The molecule has 1 aromatic carbocycles. The van der Waals surface area contributed by atoms with Crippen molar-refractivity contribution in [2.75, 3.05) is 19.0 Å². The molecule has 0 saturated heterocycles. The molecule has 5 nitrogen and oxygen atoms in total. The third-order valence-electron chi connectivity index (χ3n) is 2.46. The fourth-order valence-electron chi connectivity index (χ4n) is 1.50. The molecule has 19 heavy (non-hydrogen) atoms. The lowest BCUT2D eigenvalue weighted by Crippen LogP contribution is -2.32. The number of aromatic nitrogens is 2. The summed E-state index contributed by atoms with van der Waals surface area (Å²) in [5.41, 5.74) is 1.43. The minimum absolute atomic E-state index is 0.535. The van der Waals surface area contributed by atoms with Crippen molar-refractivity contribution in [3.05, 3.63) is 29.8 Å². The first-order valence-corrected chi connectivity index (χ1v) is 7.45. The number of hydrogen-bond donors (Lipinski definition) is 2. The normalized spacial score (nSPS) is 10.5. The van der Waals surface area contributed by atoms with Crippen LogP contribution in [0.5, 0.6) is 0 Å². The Morgan fingerprint density at radius 1 is 1.26 bits per heavy atom. The molecule has 1 heterocycles. The molecule has 0 fully saturated rings. The van der Waals surface area contributed by atoms with Crippen LogP contribution in [0.1, 0.15) is 5.56 Å². The van der Waals surface area contributed by atoms with Crippen molar-refractivity contribution in [1.82, 2.24) is 10.2 Å². The lowest BCUT2D eigenvalue weighted by Gasteiger charge is -2.07. The van der Waals surface area contributed by atoms with Crippen molar-refractivity contribution in [3.8, 4) is 0 Å². The van der Waals surface area contributed by atoms with E-state index >= 15 is 0 Å². The van der Waals surface area contributed by atoms with E-state index in [1.807, 2.05) is 31.1 Å². The summed E-state index contributed by atoms with van der Waals surface area (Å²) in [7, 11) is 2.40. The number of nitrogens with zero attached hydrogens (tertiary/aromatic N) is 3. The molecule has 0 saturated carbocycles. The zero-order valence-corrected chi connectivity index (χ0v) is 12.3. The van der Waals surface area contributed by atoms with Crippen LogP contribution in [0.3, 0.4) is 0 Å². The van der Waals surface area contributed by atoms with E-state index in [2.05, 4.69) is 10.2 Å². The molecule has 8 heteroatoms. The standard InChI is InChI=1S/C11H14BN3O2S2/c1-15(2)10-13-14-11(19-10)18-7-8-5-3-4-6-9(8)12(16)17/h3-6,16-17H,7H2,1-2H3. The molecule has 0 radical (unpaired) electrons. The van der Waals surface area contributed by atoms with Gasteiger partial charge in [-0.2, -0.15) is 0 Å². The number of rotatable bonds is 5. The van der Waals surface area contributed by atoms with Gasteiger partial charge in [-0.25, -0.2) is 0 Å². The highest BCUT2D eigenvalue weighted by molar-refractivity contribution is 8.00. The molecular weight excluding hydrogens is 281 g/mol. The number of anilines is 1. The number of benzene rings is 1. The van der Waals surface area contributed by atoms with E-state index in [9.17, 15) is 10.0 Å². The van der Waals surface area contributed by atoms with E-state index in [0.29, 0.717) is 11.2 Å². The molecule has 0 bridgehead atoms. The van der Waals surface area contributed by atoms with Crippen molar-refractivity contribution >= 4 is 40.8 Å². The predicted octanol–water partition coefficient (Wildman–Crippen LogP) is 0.576. The van der Waals surface area contributed by atoms with E-state index in [1.54, 1.807) is 12.1 Å². The van der Waals surface area contributed by atoms with Crippen molar-refractivity contribution in [2.24, 2.45) is 0 Å². The summed E-state index contributed by atoms with van der Waals surface area (Å²) < 4.78 is 0.867. The Bertz CT molecular complexity index is 548. The Morgan fingerprint density at radius 2 is 2.00 bits per heavy atom. The molecule has 0 atom stereocenters. The molecule has 0 aliphatic carbocycles. The smallest absolute Gasteiger partial charge is 0.423 e. The third-order valence-corrected chi connectivity index (χ3v) is 4.74. The van der Waals surface area contributed by atoms with Gasteiger partial charge < -0.3 is 14.9 Å². The summed E-state index contributed by atoms with van der Waals surface area (Å²) in [4.78, 5) is 1.91. The van der Waals surface area contributed by atoms with Gasteiger partial charge in [0.2, 0.25) is 5.13 Å². The Balaban J connectivity index is 2.06. The predicted molar refractivity (Wildman–Crippen MR) is 80.1 cm³/mol. The molecule has 1 aromatic heterocycles. The Labute approximate surface area is 120 Å². The second kappa shape index (κ2) is 6.38. The first kappa shape index (κ1) is 14.3. The van der Waals surface area contributed by atoms with Crippen molar-refractivity contribution in [1.29, 1.82) is 0 Å². The van der Waals surface area contributed by atoms with Gasteiger partial charge in [0, 0.05) is 19.8 Å². The summed E-state index contributed by atoms with van der Waals surface area (Å²) in [5.74, 6) is 0.635. The quantitative estimate of drug-likeness (QED) is 0.621. The fraction of sp³-hybridized carbons (Fsp3) is 0.273. The van der Waals surface area contributed by atoms with E-state index < -0.39 is 7.12 Å². The largest absolute Gasteiger partial charge is 0.488 e. The fourth-order valence-corrected chi connectivity index (χ4v) is 3.28. The Kier molecular flexibility index (Phi) is 4.81. The van der Waals surface area contributed by atoms with E-state index in [1.165, 1.54) is 23.1 Å². The van der Waals surface area contributed by atoms with Gasteiger partial charge in [0.15, 0.2) is 4.34 Å². The minimum Gasteiger partial charge on any atom is -0.423 e. The van der Waals surface area contributed by atoms with E-state index in [4.69, 9.17) is 0 Å². The molecule has 0 amide bonds. The second-order valence-electron chi connectivity index (χ2n) is 4.11. The van der Waals surface area contributed by atoms with Crippen LogP contribution in [0.15, 0.2) is 28.6 Å². The molecule has 0 aliphatic rings. The van der Waals surface area contributed by atoms with Gasteiger partial charge in [-0.15, -0.1) is 10.2 Å². The molecular formula is C11H14BN3O2S2. The first-order valence-electron chi connectivity index (χ1n) is 5.65. The van der Waals surface area contributed by atoms with E-state index in [0.717, 1.165) is 15.0 Å². The summed E-state index contributed by atoms with van der Waals surface area (Å²) in [6, 6.07) is 7.27. The van der Waals surface area contributed by atoms with Gasteiger partial charge in [-0.1, -0.05) is 47.4 Å². The van der Waals surface area contributed by atoms with Crippen LogP contribution in [-0.2, 0) is 5.75 Å². The van der Waals surface area contributed by atoms with Crippen molar-refractivity contribution < 1.29 is 10.0 Å². The Hall–Kier alpha value is -1.09. The first-order chi connectivity index (χ1) is 9.08. The minimum atomic E-state index is -1.44. The maximum atomic E-state index is 9.29. The van der Waals surface area contributed by atoms with Gasteiger partial charge in [-0.05, 0) is 11.0 Å². The summed E-state index contributed by atoms with van der Waals surface area (Å²) in [5, 5.41) is 27.6. The number of thioether (sulfide) groups is 1. The highest BCUT2D eigenvalue weighted by Crippen LogP contribution is 2.28. The summed E-state index contributed by atoms with van der Waals surface area (Å²) in [6.07, 6.45) is 0. The lowest BCUT2D eigenvalue weighted by atomic mass is 9.77. The average molecular weight is 295 g/mol. The Morgan fingerprint density at radius 3 is 2.63 bits per heavy atom. The van der Waals surface area contributed by atoms with Crippen molar-refractivity contribution in [2.45, 2.75) is 10.1 Å². The van der Waals surface area contributed by atoms with Crippen LogP contribution in [0.25, 0.3) is 0 Å². The summed E-state index contributed by atoms with van der Waals surface area (Å²) >= 11 is 3.06. The molecule has 0 spiro atoms. The van der Waals surface area contributed by atoms with Crippen molar-refractivity contribution in [3.63, 3.8) is 0 Å². The molecule has 100 valence electrons. The van der Waals surface area contributed by atoms with Gasteiger partial charge >= 0.3 is 7.12 Å². The monoisotopic (exact) mass is 295 g/mol. The maximum absolute atomic E-state index is 9.29. The summed E-state index contributed by atoms with van der Waals surface area (Å²) in [6.45, 7) is 0. The average Bonchev–Trinajstić information content (AvgIpc) is 2.85. The highest BCUT2D eigenvalue weighted by Gasteiger charge is 2.15. The molecule has 0 aliphatic heterocycles. The van der Waals surface area contributed by atoms with Gasteiger partial charge in [0.1, 0.15) is 0 Å². The van der Waals surface area contributed by atoms with Crippen LogP contribution >= 0.6 is 23.1 Å². The van der Waals surface area contributed by atoms with E-state index in [-0.39, 0.29) is 0 Å². The zero-order valence-electron chi connectivity index (χ0n) is 10.6. The van der Waals surface area contributed by atoms with Gasteiger partial charge in [0.05, 0.1) is 0 Å².